The van der Waals surface area contributed by atoms with E-state index in [0.717, 1.165) is 39.3 Å². The average molecular weight is 362 g/mol. The van der Waals surface area contributed by atoms with Gasteiger partial charge in [-0.2, -0.15) is 0 Å². The first kappa shape index (κ1) is 18.7. The molecule has 0 saturated carbocycles. The van der Waals surface area contributed by atoms with E-state index < -0.39 is 0 Å². The summed E-state index contributed by atoms with van der Waals surface area (Å²) >= 11 is 1.78. The van der Waals surface area contributed by atoms with Gasteiger partial charge in [-0.15, -0.1) is 11.8 Å². The summed E-state index contributed by atoms with van der Waals surface area (Å²) in [6.45, 7) is 8.04. The van der Waals surface area contributed by atoms with Gasteiger partial charge in [-0.3, -0.25) is 9.69 Å². The standard InChI is InChI=1S/C20H31N3OS/c1-25-19-7-5-18(6-8-19)17-22-12-9-20(24)23(16-14-22)15-13-21-10-3-2-4-11-21/h5-8H,2-4,9-17H2,1H3. The summed E-state index contributed by atoms with van der Waals surface area (Å²) in [5, 5.41) is 0. The highest BCUT2D eigenvalue weighted by Gasteiger charge is 2.21. The SMILES string of the molecule is CSc1ccc(CN2CCC(=O)N(CCN3CCCCC3)CC2)cc1. The zero-order chi connectivity index (χ0) is 17.5. The second-order valence-electron chi connectivity index (χ2n) is 7.16. The minimum Gasteiger partial charge on any atom is -0.340 e. The zero-order valence-electron chi connectivity index (χ0n) is 15.5. The first-order valence-corrected chi connectivity index (χ1v) is 10.8. The van der Waals surface area contributed by atoms with Crippen LogP contribution in [0.25, 0.3) is 0 Å². The molecule has 2 aliphatic heterocycles. The second-order valence-corrected chi connectivity index (χ2v) is 8.04. The fourth-order valence-electron chi connectivity index (χ4n) is 3.74. The highest BCUT2D eigenvalue weighted by Crippen LogP contribution is 2.17. The Morgan fingerprint density at radius 2 is 1.64 bits per heavy atom. The van der Waals surface area contributed by atoms with E-state index in [4.69, 9.17) is 0 Å². The molecule has 2 heterocycles. The maximum Gasteiger partial charge on any atom is 0.223 e. The third kappa shape index (κ3) is 5.73. The summed E-state index contributed by atoms with van der Waals surface area (Å²) in [7, 11) is 0. The first-order valence-electron chi connectivity index (χ1n) is 9.60. The van der Waals surface area contributed by atoms with E-state index in [1.165, 1.54) is 42.8 Å². The van der Waals surface area contributed by atoms with Crippen LogP contribution in [0.4, 0.5) is 0 Å². The van der Waals surface area contributed by atoms with E-state index in [2.05, 4.69) is 45.2 Å². The largest absolute Gasteiger partial charge is 0.340 e. The lowest BCUT2D eigenvalue weighted by molar-refractivity contribution is -0.130. The van der Waals surface area contributed by atoms with Crippen molar-refractivity contribution >= 4 is 17.7 Å². The zero-order valence-corrected chi connectivity index (χ0v) is 16.3. The van der Waals surface area contributed by atoms with Crippen LogP contribution in [0.15, 0.2) is 29.2 Å². The molecular formula is C20H31N3OS. The summed E-state index contributed by atoms with van der Waals surface area (Å²) in [4.78, 5) is 20.8. The molecule has 3 rings (SSSR count). The Morgan fingerprint density at radius 3 is 2.36 bits per heavy atom. The number of piperidine rings is 1. The van der Waals surface area contributed by atoms with Gasteiger partial charge >= 0.3 is 0 Å². The molecule has 1 amide bonds. The number of carbonyl (C=O) groups is 1. The smallest absolute Gasteiger partial charge is 0.223 e. The van der Waals surface area contributed by atoms with Crippen molar-refractivity contribution in [1.29, 1.82) is 0 Å². The lowest BCUT2D eigenvalue weighted by Gasteiger charge is -2.29. The summed E-state index contributed by atoms with van der Waals surface area (Å²) in [5.74, 6) is 0.331. The van der Waals surface area contributed by atoms with Crippen molar-refractivity contribution in [1.82, 2.24) is 14.7 Å². The third-order valence-corrected chi connectivity index (χ3v) is 6.12. The van der Waals surface area contributed by atoms with Gasteiger partial charge in [-0.1, -0.05) is 18.6 Å². The van der Waals surface area contributed by atoms with Crippen molar-refractivity contribution in [3.05, 3.63) is 29.8 Å². The first-order chi connectivity index (χ1) is 12.2. The Bertz CT molecular complexity index is 542. The van der Waals surface area contributed by atoms with Crippen molar-refractivity contribution in [2.24, 2.45) is 0 Å². The molecule has 0 aromatic heterocycles. The average Bonchev–Trinajstić information content (AvgIpc) is 2.83. The Labute approximate surface area is 156 Å². The number of nitrogens with zero attached hydrogens (tertiary/aromatic N) is 3. The number of rotatable bonds is 6. The maximum absolute atomic E-state index is 12.4. The summed E-state index contributed by atoms with van der Waals surface area (Å²) in [6, 6.07) is 8.81. The number of benzene rings is 1. The van der Waals surface area contributed by atoms with Crippen molar-refractivity contribution in [2.75, 3.05) is 52.1 Å². The quantitative estimate of drug-likeness (QED) is 0.728. The van der Waals surface area contributed by atoms with Crippen LogP contribution in [0.5, 0.6) is 0 Å². The predicted octanol–water partition coefficient (Wildman–Crippen LogP) is 2.93. The topological polar surface area (TPSA) is 26.8 Å². The molecule has 138 valence electrons. The molecule has 0 bridgehead atoms. The van der Waals surface area contributed by atoms with Gasteiger partial charge in [0.2, 0.25) is 5.91 Å². The van der Waals surface area contributed by atoms with Crippen LogP contribution >= 0.6 is 11.8 Å². The van der Waals surface area contributed by atoms with Gasteiger partial charge in [-0.05, 0) is 49.9 Å². The molecule has 0 aliphatic carbocycles. The van der Waals surface area contributed by atoms with E-state index in [1.807, 2.05) is 0 Å². The molecule has 5 heteroatoms. The van der Waals surface area contributed by atoms with E-state index in [-0.39, 0.29) is 0 Å². The van der Waals surface area contributed by atoms with Crippen molar-refractivity contribution in [3.63, 3.8) is 0 Å². The molecule has 0 atom stereocenters. The van der Waals surface area contributed by atoms with Gasteiger partial charge in [0.1, 0.15) is 0 Å². The minimum atomic E-state index is 0.331. The number of carbonyl (C=O) groups excluding carboxylic acids is 1. The van der Waals surface area contributed by atoms with Crippen LogP contribution in [-0.2, 0) is 11.3 Å². The minimum absolute atomic E-state index is 0.331. The number of likely N-dealkylation sites (tertiary alicyclic amines) is 1. The van der Waals surface area contributed by atoms with Crippen LogP contribution in [0.1, 0.15) is 31.2 Å². The lowest BCUT2D eigenvalue weighted by atomic mass is 10.1. The van der Waals surface area contributed by atoms with Crippen molar-refractivity contribution < 1.29 is 4.79 Å². The fraction of sp³-hybridized carbons (Fsp3) is 0.650. The molecule has 0 spiro atoms. The molecule has 2 fully saturated rings. The summed E-state index contributed by atoms with van der Waals surface area (Å²) in [6.07, 6.45) is 6.76. The van der Waals surface area contributed by atoms with Crippen LogP contribution in [0.2, 0.25) is 0 Å². The molecular weight excluding hydrogens is 330 g/mol. The number of thioether (sulfide) groups is 1. The van der Waals surface area contributed by atoms with Crippen LogP contribution in [0.3, 0.4) is 0 Å². The van der Waals surface area contributed by atoms with E-state index in [1.54, 1.807) is 11.8 Å². The maximum atomic E-state index is 12.4. The lowest BCUT2D eigenvalue weighted by Crippen LogP contribution is -2.41. The Kier molecular flexibility index (Phi) is 7.20. The highest BCUT2D eigenvalue weighted by molar-refractivity contribution is 7.98. The van der Waals surface area contributed by atoms with E-state index >= 15 is 0 Å². The normalized spacial score (nSPS) is 20.7. The molecule has 25 heavy (non-hydrogen) atoms. The molecule has 0 unspecified atom stereocenters. The van der Waals surface area contributed by atoms with Crippen LogP contribution < -0.4 is 0 Å². The third-order valence-electron chi connectivity index (χ3n) is 5.38. The van der Waals surface area contributed by atoms with Gasteiger partial charge in [0.25, 0.3) is 0 Å². The van der Waals surface area contributed by atoms with Gasteiger partial charge in [-0.25, -0.2) is 0 Å². The van der Waals surface area contributed by atoms with Crippen LogP contribution in [0, 0.1) is 0 Å². The summed E-state index contributed by atoms with van der Waals surface area (Å²) in [5.41, 5.74) is 1.34. The number of hydrogen-bond acceptors (Lipinski definition) is 4. The Morgan fingerprint density at radius 1 is 0.880 bits per heavy atom. The van der Waals surface area contributed by atoms with Crippen molar-refractivity contribution in [3.8, 4) is 0 Å². The molecule has 0 N–H and O–H groups in total. The Balaban J connectivity index is 1.47. The highest BCUT2D eigenvalue weighted by atomic mass is 32.2. The molecule has 0 radical (unpaired) electrons. The monoisotopic (exact) mass is 361 g/mol. The molecule has 2 aliphatic rings. The molecule has 4 nitrogen and oxygen atoms in total. The van der Waals surface area contributed by atoms with Gasteiger partial charge in [0.05, 0.1) is 0 Å². The summed E-state index contributed by atoms with van der Waals surface area (Å²) < 4.78 is 0. The molecule has 1 aromatic carbocycles. The second kappa shape index (κ2) is 9.60. The van der Waals surface area contributed by atoms with Gasteiger partial charge in [0.15, 0.2) is 0 Å². The van der Waals surface area contributed by atoms with Crippen LogP contribution in [-0.4, -0.2) is 72.7 Å². The number of amides is 1. The Hall–Kier alpha value is -1.04. The van der Waals surface area contributed by atoms with Crippen molar-refractivity contribution in [2.45, 2.75) is 37.1 Å². The predicted molar refractivity (Wildman–Crippen MR) is 105 cm³/mol. The van der Waals surface area contributed by atoms with Gasteiger partial charge < -0.3 is 9.80 Å². The van der Waals surface area contributed by atoms with Gasteiger partial charge in [0, 0.05) is 50.6 Å². The fourth-order valence-corrected chi connectivity index (χ4v) is 4.15. The van der Waals surface area contributed by atoms with E-state index in [9.17, 15) is 4.79 Å². The van der Waals surface area contributed by atoms with E-state index in [0.29, 0.717) is 12.3 Å². The number of hydrogen-bond donors (Lipinski definition) is 0. The molecule has 1 aromatic rings. The molecule has 2 saturated heterocycles.